The first kappa shape index (κ1) is 16.0. The first-order valence-electron chi connectivity index (χ1n) is 6.75. The SMILES string of the molecule is CCC(CC)N(CCBr)C(=O)Cc1cccc(O)c1. The van der Waals surface area contributed by atoms with Crippen LogP contribution in [0.5, 0.6) is 5.75 Å². The van der Waals surface area contributed by atoms with Crippen LogP contribution in [0.25, 0.3) is 0 Å². The van der Waals surface area contributed by atoms with Gasteiger partial charge < -0.3 is 10.0 Å². The molecule has 1 N–H and O–H groups in total. The third kappa shape index (κ3) is 4.86. The van der Waals surface area contributed by atoms with Crippen LogP contribution in [0.3, 0.4) is 0 Å². The van der Waals surface area contributed by atoms with Crippen LogP contribution in [0.15, 0.2) is 24.3 Å². The van der Waals surface area contributed by atoms with Gasteiger partial charge in [-0.15, -0.1) is 0 Å². The molecule has 0 unspecified atom stereocenters. The molecule has 0 aliphatic heterocycles. The zero-order valence-corrected chi connectivity index (χ0v) is 13.2. The van der Waals surface area contributed by atoms with Crippen LogP contribution in [0.1, 0.15) is 32.3 Å². The molecule has 0 atom stereocenters. The fourth-order valence-corrected chi connectivity index (χ4v) is 2.66. The third-order valence-electron chi connectivity index (χ3n) is 3.29. The molecule has 0 saturated heterocycles. The van der Waals surface area contributed by atoms with Crippen molar-refractivity contribution in [1.29, 1.82) is 0 Å². The van der Waals surface area contributed by atoms with E-state index in [2.05, 4.69) is 29.8 Å². The summed E-state index contributed by atoms with van der Waals surface area (Å²) in [7, 11) is 0. The molecule has 0 heterocycles. The van der Waals surface area contributed by atoms with Crippen LogP contribution in [-0.2, 0) is 11.2 Å². The Kier molecular flexibility index (Phi) is 6.92. The number of halogens is 1. The van der Waals surface area contributed by atoms with E-state index in [9.17, 15) is 9.90 Å². The summed E-state index contributed by atoms with van der Waals surface area (Å²) in [5.74, 6) is 0.332. The lowest BCUT2D eigenvalue weighted by atomic mass is 10.1. The molecule has 0 fully saturated rings. The van der Waals surface area contributed by atoms with E-state index in [1.165, 1.54) is 0 Å². The lowest BCUT2D eigenvalue weighted by Gasteiger charge is -2.30. The first-order chi connectivity index (χ1) is 9.12. The van der Waals surface area contributed by atoms with Crippen molar-refractivity contribution in [1.82, 2.24) is 4.90 Å². The fraction of sp³-hybridized carbons (Fsp3) is 0.533. The third-order valence-corrected chi connectivity index (χ3v) is 3.65. The second-order valence-electron chi connectivity index (χ2n) is 4.59. The Bertz CT molecular complexity index is 405. The van der Waals surface area contributed by atoms with E-state index in [4.69, 9.17) is 0 Å². The minimum Gasteiger partial charge on any atom is -0.508 e. The standard InChI is InChI=1S/C15H22BrNO2/c1-3-13(4-2)17(9-8-16)15(19)11-12-6-5-7-14(18)10-12/h5-7,10,13,18H,3-4,8-9,11H2,1-2H3. The summed E-state index contributed by atoms with van der Waals surface area (Å²) in [4.78, 5) is 14.3. The van der Waals surface area contributed by atoms with Crippen molar-refractivity contribution in [3.05, 3.63) is 29.8 Å². The summed E-state index contributed by atoms with van der Waals surface area (Å²) in [6.45, 7) is 4.94. The second kappa shape index (κ2) is 8.20. The number of aromatic hydroxyl groups is 1. The Morgan fingerprint density at radius 3 is 2.58 bits per heavy atom. The first-order valence-corrected chi connectivity index (χ1v) is 7.87. The maximum Gasteiger partial charge on any atom is 0.227 e. The van der Waals surface area contributed by atoms with Crippen LogP contribution in [-0.4, -0.2) is 33.8 Å². The van der Waals surface area contributed by atoms with Crippen LogP contribution in [0, 0.1) is 0 Å². The molecular formula is C15H22BrNO2. The lowest BCUT2D eigenvalue weighted by Crippen LogP contribution is -2.41. The molecule has 0 bridgehead atoms. The van der Waals surface area contributed by atoms with Gasteiger partial charge in [0.2, 0.25) is 5.91 Å². The van der Waals surface area contributed by atoms with Crippen molar-refractivity contribution in [2.24, 2.45) is 0 Å². The zero-order valence-electron chi connectivity index (χ0n) is 11.6. The molecular weight excluding hydrogens is 306 g/mol. The Morgan fingerprint density at radius 2 is 2.05 bits per heavy atom. The van der Waals surface area contributed by atoms with Crippen molar-refractivity contribution in [3.8, 4) is 5.75 Å². The smallest absolute Gasteiger partial charge is 0.227 e. The number of amides is 1. The highest BCUT2D eigenvalue weighted by Crippen LogP contribution is 2.15. The molecule has 0 saturated carbocycles. The van der Waals surface area contributed by atoms with E-state index in [0.29, 0.717) is 12.5 Å². The largest absolute Gasteiger partial charge is 0.508 e. The fourth-order valence-electron chi connectivity index (χ4n) is 2.27. The highest BCUT2D eigenvalue weighted by atomic mass is 79.9. The van der Waals surface area contributed by atoms with Gasteiger partial charge >= 0.3 is 0 Å². The number of carbonyl (C=O) groups excluding carboxylic acids is 1. The number of alkyl halides is 1. The number of phenols is 1. The van der Waals surface area contributed by atoms with Crippen molar-refractivity contribution in [2.75, 3.05) is 11.9 Å². The van der Waals surface area contributed by atoms with Crippen LogP contribution >= 0.6 is 15.9 Å². The number of hydrogen-bond acceptors (Lipinski definition) is 2. The predicted molar refractivity (Wildman–Crippen MR) is 81.7 cm³/mol. The number of nitrogens with zero attached hydrogens (tertiary/aromatic N) is 1. The van der Waals surface area contributed by atoms with Crippen LogP contribution in [0.2, 0.25) is 0 Å². The Labute approximate surface area is 123 Å². The molecule has 106 valence electrons. The molecule has 0 aromatic heterocycles. The van der Waals surface area contributed by atoms with E-state index in [1.807, 2.05) is 11.0 Å². The molecule has 3 nitrogen and oxygen atoms in total. The van der Waals surface area contributed by atoms with Gasteiger partial charge in [0.05, 0.1) is 6.42 Å². The summed E-state index contributed by atoms with van der Waals surface area (Å²) in [6.07, 6.45) is 2.28. The Hall–Kier alpha value is -1.03. The van der Waals surface area contributed by atoms with Gasteiger partial charge in [0.15, 0.2) is 0 Å². The average molecular weight is 328 g/mol. The van der Waals surface area contributed by atoms with Gasteiger partial charge in [-0.2, -0.15) is 0 Å². The maximum absolute atomic E-state index is 12.4. The van der Waals surface area contributed by atoms with Crippen LogP contribution in [0.4, 0.5) is 0 Å². The molecule has 19 heavy (non-hydrogen) atoms. The molecule has 0 aliphatic rings. The molecule has 1 aromatic rings. The van der Waals surface area contributed by atoms with Gasteiger partial charge in [-0.25, -0.2) is 0 Å². The molecule has 0 spiro atoms. The molecule has 1 aromatic carbocycles. The van der Waals surface area contributed by atoms with E-state index in [0.717, 1.165) is 30.3 Å². The predicted octanol–water partition coefficient (Wildman–Crippen LogP) is 3.35. The van der Waals surface area contributed by atoms with E-state index >= 15 is 0 Å². The molecule has 1 amide bonds. The van der Waals surface area contributed by atoms with Crippen molar-refractivity contribution < 1.29 is 9.90 Å². The monoisotopic (exact) mass is 327 g/mol. The minimum atomic E-state index is 0.124. The highest BCUT2D eigenvalue weighted by molar-refractivity contribution is 9.09. The number of rotatable bonds is 7. The topological polar surface area (TPSA) is 40.5 Å². The van der Waals surface area contributed by atoms with Crippen molar-refractivity contribution >= 4 is 21.8 Å². The summed E-state index contributed by atoms with van der Waals surface area (Å²) in [5.41, 5.74) is 0.857. The summed E-state index contributed by atoms with van der Waals surface area (Å²) in [6, 6.07) is 7.20. The summed E-state index contributed by atoms with van der Waals surface area (Å²) < 4.78 is 0. The maximum atomic E-state index is 12.4. The van der Waals surface area contributed by atoms with E-state index < -0.39 is 0 Å². The zero-order chi connectivity index (χ0) is 14.3. The van der Waals surface area contributed by atoms with Gasteiger partial charge in [0.1, 0.15) is 5.75 Å². The number of benzene rings is 1. The lowest BCUT2D eigenvalue weighted by molar-refractivity contribution is -0.132. The van der Waals surface area contributed by atoms with Crippen LogP contribution < -0.4 is 0 Å². The van der Waals surface area contributed by atoms with Gasteiger partial charge in [-0.1, -0.05) is 41.9 Å². The molecule has 0 aliphatic carbocycles. The number of hydrogen-bond donors (Lipinski definition) is 1. The van der Waals surface area contributed by atoms with Gasteiger partial charge in [-0.05, 0) is 30.5 Å². The summed E-state index contributed by atoms with van der Waals surface area (Å²) >= 11 is 3.41. The molecule has 4 heteroatoms. The normalized spacial score (nSPS) is 10.7. The number of phenolic OH excluding ortho intramolecular Hbond substituents is 1. The van der Waals surface area contributed by atoms with Gasteiger partial charge in [-0.3, -0.25) is 4.79 Å². The van der Waals surface area contributed by atoms with Gasteiger partial charge in [0.25, 0.3) is 0 Å². The van der Waals surface area contributed by atoms with Crippen molar-refractivity contribution in [3.63, 3.8) is 0 Å². The second-order valence-corrected chi connectivity index (χ2v) is 5.39. The minimum absolute atomic E-state index is 0.124. The van der Waals surface area contributed by atoms with Gasteiger partial charge in [0, 0.05) is 17.9 Å². The number of carbonyl (C=O) groups is 1. The van der Waals surface area contributed by atoms with E-state index in [-0.39, 0.29) is 11.7 Å². The quantitative estimate of drug-likeness (QED) is 0.780. The Morgan fingerprint density at radius 1 is 1.37 bits per heavy atom. The highest BCUT2D eigenvalue weighted by Gasteiger charge is 2.20. The summed E-state index contributed by atoms with van der Waals surface area (Å²) in [5, 5.41) is 10.2. The average Bonchev–Trinajstić information content (AvgIpc) is 2.39. The molecule has 0 radical (unpaired) electrons. The molecule has 1 rings (SSSR count). The van der Waals surface area contributed by atoms with Crippen molar-refractivity contribution in [2.45, 2.75) is 39.2 Å². The van der Waals surface area contributed by atoms with E-state index in [1.54, 1.807) is 18.2 Å². The Balaban J connectivity index is 2.76.